The first kappa shape index (κ1) is 23.5. The van der Waals surface area contributed by atoms with Crippen LogP contribution in [0.3, 0.4) is 0 Å². The molecule has 1 aliphatic heterocycles. The molecule has 2 aromatic carbocycles. The first-order valence-electron chi connectivity index (χ1n) is 11.6. The highest BCUT2D eigenvalue weighted by molar-refractivity contribution is 6.30. The summed E-state index contributed by atoms with van der Waals surface area (Å²) in [6, 6.07) is 17.7. The average molecular weight is 467 g/mol. The van der Waals surface area contributed by atoms with Gasteiger partial charge < -0.3 is 9.84 Å². The first-order chi connectivity index (χ1) is 16.0. The lowest BCUT2D eigenvalue weighted by Gasteiger charge is -2.31. The van der Waals surface area contributed by atoms with E-state index in [0.29, 0.717) is 29.2 Å². The van der Waals surface area contributed by atoms with Gasteiger partial charge in [-0.2, -0.15) is 4.98 Å². The maximum Gasteiger partial charge on any atom is 0.241 e. The number of hydrogen-bond donors (Lipinski definition) is 1. The zero-order valence-corrected chi connectivity index (χ0v) is 20.0. The molecule has 2 heterocycles. The van der Waals surface area contributed by atoms with Gasteiger partial charge in [0.05, 0.1) is 12.6 Å². The number of piperidine rings is 1. The Morgan fingerprint density at radius 2 is 1.91 bits per heavy atom. The molecule has 1 aliphatic rings. The van der Waals surface area contributed by atoms with Crippen LogP contribution in [-0.2, 0) is 11.3 Å². The zero-order chi connectivity index (χ0) is 23.2. The second-order valence-corrected chi connectivity index (χ2v) is 9.61. The summed E-state index contributed by atoms with van der Waals surface area (Å²) in [6.45, 7) is 6.62. The van der Waals surface area contributed by atoms with Crippen LogP contribution in [0.1, 0.15) is 50.6 Å². The third-order valence-electron chi connectivity index (χ3n) is 6.09. The summed E-state index contributed by atoms with van der Waals surface area (Å²) in [6.07, 6.45) is 2.58. The van der Waals surface area contributed by atoms with Gasteiger partial charge in [0.25, 0.3) is 0 Å². The van der Waals surface area contributed by atoms with Crippen molar-refractivity contribution in [3.8, 4) is 11.4 Å². The molecule has 0 bridgehead atoms. The Kier molecular flexibility index (Phi) is 7.78. The summed E-state index contributed by atoms with van der Waals surface area (Å²) in [5.41, 5.74) is 2.01. The molecule has 1 amide bonds. The Labute approximate surface area is 200 Å². The molecule has 0 radical (unpaired) electrons. The van der Waals surface area contributed by atoms with E-state index in [2.05, 4.69) is 46.3 Å². The van der Waals surface area contributed by atoms with Gasteiger partial charge in [-0.1, -0.05) is 73.1 Å². The second-order valence-electron chi connectivity index (χ2n) is 9.17. The van der Waals surface area contributed by atoms with Crippen LogP contribution in [0.4, 0.5) is 0 Å². The number of carbonyl (C=O) groups excluding carboxylic acids is 1. The minimum Gasteiger partial charge on any atom is -0.349 e. The number of likely N-dealkylation sites (tertiary alicyclic amines) is 1. The molecule has 1 atom stereocenters. The van der Waals surface area contributed by atoms with Crippen LogP contribution in [-0.4, -0.2) is 34.0 Å². The van der Waals surface area contributed by atoms with Crippen LogP contribution >= 0.6 is 11.6 Å². The van der Waals surface area contributed by atoms with E-state index in [1.54, 1.807) is 0 Å². The van der Waals surface area contributed by atoms with Gasteiger partial charge in [0.1, 0.15) is 0 Å². The van der Waals surface area contributed by atoms with Crippen LogP contribution in [0, 0.1) is 11.8 Å². The van der Waals surface area contributed by atoms with Crippen molar-refractivity contribution in [2.24, 2.45) is 11.8 Å². The van der Waals surface area contributed by atoms with E-state index in [9.17, 15) is 4.79 Å². The molecular formula is C26H31ClN4O2. The van der Waals surface area contributed by atoms with Crippen LogP contribution in [0.5, 0.6) is 0 Å². The van der Waals surface area contributed by atoms with Gasteiger partial charge in [0.15, 0.2) is 0 Å². The lowest BCUT2D eigenvalue weighted by molar-refractivity contribution is -0.127. The van der Waals surface area contributed by atoms with Gasteiger partial charge in [-0.15, -0.1) is 0 Å². The van der Waals surface area contributed by atoms with Crippen molar-refractivity contribution in [3.05, 3.63) is 71.1 Å². The number of nitrogens with one attached hydrogen (secondary N) is 1. The molecule has 1 saturated heterocycles. The highest BCUT2D eigenvalue weighted by atomic mass is 35.5. The van der Waals surface area contributed by atoms with Crippen molar-refractivity contribution in [1.82, 2.24) is 20.4 Å². The third-order valence-corrected chi connectivity index (χ3v) is 6.33. The minimum absolute atomic E-state index is 0.0318. The van der Waals surface area contributed by atoms with E-state index in [-0.39, 0.29) is 17.9 Å². The Morgan fingerprint density at radius 3 is 2.61 bits per heavy atom. The van der Waals surface area contributed by atoms with Gasteiger partial charge in [0, 0.05) is 16.5 Å². The Morgan fingerprint density at radius 1 is 1.15 bits per heavy atom. The molecule has 1 unspecified atom stereocenters. The Balaban J connectivity index is 1.30. The van der Waals surface area contributed by atoms with Crippen LogP contribution in [0.25, 0.3) is 11.4 Å². The van der Waals surface area contributed by atoms with Gasteiger partial charge in [0.2, 0.25) is 17.6 Å². The summed E-state index contributed by atoms with van der Waals surface area (Å²) in [4.78, 5) is 19.8. The first-order valence-corrected chi connectivity index (χ1v) is 12.0. The minimum atomic E-state index is 0.0318. The molecule has 1 fully saturated rings. The number of nitrogens with zero attached hydrogens (tertiary/aromatic N) is 3. The summed E-state index contributed by atoms with van der Waals surface area (Å²) >= 11 is 6.06. The van der Waals surface area contributed by atoms with Crippen LogP contribution in [0.2, 0.25) is 5.02 Å². The lowest BCUT2D eigenvalue weighted by atomic mass is 9.93. The fourth-order valence-corrected chi connectivity index (χ4v) is 4.52. The standard InChI is InChI=1S/C26H31ClN4O2/c1-18(2)15-23(19-7-4-3-5-8-19)28-26(32)20-11-13-31(14-12-20)17-24-29-25(30-33-24)21-9-6-10-22(27)16-21/h3-10,16,18,20,23H,11-15,17H2,1-2H3,(H,28,32). The fraction of sp³-hybridized carbons (Fsp3) is 0.423. The molecule has 0 saturated carbocycles. The number of aromatic nitrogens is 2. The fourth-order valence-electron chi connectivity index (χ4n) is 4.33. The van der Waals surface area contributed by atoms with Crippen molar-refractivity contribution < 1.29 is 9.32 Å². The van der Waals surface area contributed by atoms with Crippen molar-refractivity contribution in [3.63, 3.8) is 0 Å². The molecule has 174 valence electrons. The highest BCUT2D eigenvalue weighted by Gasteiger charge is 2.28. The lowest BCUT2D eigenvalue weighted by Crippen LogP contribution is -2.41. The maximum atomic E-state index is 13.0. The quantitative estimate of drug-likeness (QED) is 0.474. The summed E-state index contributed by atoms with van der Waals surface area (Å²) < 4.78 is 5.45. The topological polar surface area (TPSA) is 71.3 Å². The zero-order valence-electron chi connectivity index (χ0n) is 19.2. The van der Waals surface area contributed by atoms with E-state index < -0.39 is 0 Å². The van der Waals surface area contributed by atoms with Crippen LogP contribution < -0.4 is 5.32 Å². The molecule has 0 aliphatic carbocycles. The molecule has 7 heteroatoms. The van der Waals surface area contributed by atoms with E-state index in [1.807, 2.05) is 42.5 Å². The van der Waals surface area contributed by atoms with Crippen molar-refractivity contribution in [2.75, 3.05) is 13.1 Å². The van der Waals surface area contributed by atoms with Crippen molar-refractivity contribution >= 4 is 17.5 Å². The number of amides is 1. The predicted molar refractivity (Wildman–Crippen MR) is 130 cm³/mol. The number of carbonyl (C=O) groups is 1. The third kappa shape index (κ3) is 6.42. The predicted octanol–water partition coefficient (Wildman–Crippen LogP) is 5.51. The number of hydrogen-bond acceptors (Lipinski definition) is 5. The van der Waals surface area contributed by atoms with E-state index in [1.165, 1.54) is 5.56 Å². The van der Waals surface area contributed by atoms with Crippen molar-refractivity contribution in [2.45, 2.75) is 45.7 Å². The van der Waals surface area contributed by atoms with Gasteiger partial charge in [-0.25, -0.2) is 0 Å². The second kappa shape index (κ2) is 10.9. The smallest absolute Gasteiger partial charge is 0.241 e. The molecule has 1 N–H and O–H groups in total. The van der Waals surface area contributed by atoms with Gasteiger partial charge in [-0.05, 0) is 56.0 Å². The molecule has 6 nitrogen and oxygen atoms in total. The summed E-state index contributed by atoms with van der Waals surface area (Å²) in [7, 11) is 0. The van der Waals surface area contributed by atoms with Gasteiger partial charge >= 0.3 is 0 Å². The number of benzene rings is 2. The normalized spacial score (nSPS) is 16.1. The van der Waals surface area contributed by atoms with E-state index in [4.69, 9.17) is 16.1 Å². The highest BCUT2D eigenvalue weighted by Crippen LogP contribution is 2.25. The molecule has 0 spiro atoms. The molecular weight excluding hydrogens is 436 g/mol. The van der Waals surface area contributed by atoms with Crippen molar-refractivity contribution in [1.29, 1.82) is 0 Å². The average Bonchev–Trinajstić information content (AvgIpc) is 3.28. The monoisotopic (exact) mass is 466 g/mol. The SMILES string of the molecule is CC(C)CC(NC(=O)C1CCN(Cc2nc(-c3cccc(Cl)c3)no2)CC1)c1ccccc1. The van der Waals surface area contributed by atoms with E-state index in [0.717, 1.165) is 37.9 Å². The molecule has 4 rings (SSSR count). The van der Waals surface area contributed by atoms with Crippen LogP contribution in [0.15, 0.2) is 59.1 Å². The molecule has 1 aromatic heterocycles. The maximum absolute atomic E-state index is 13.0. The number of halogens is 1. The molecule has 33 heavy (non-hydrogen) atoms. The Bertz CT molecular complexity index is 1050. The Hall–Kier alpha value is -2.70. The largest absolute Gasteiger partial charge is 0.349 e. The summed E-state index contributed by atoms with van der Waals surface area (Å²) in [5.74, 6) is 1.81. The van der Waals surface area contributed by atoms with E-state index >= 15 is 0 Å². The molecule has 3 aromatic rings. The summed E-state index contributed by atoms with van der Waals surface area (Å²) in [5, 5.41) is 8.04. The number of rotatable bonds is 8. The van der Waals surface area contributed by atoms with Gasteiger partial charge in [-0.3, -0.25) is 9.69 Å².